The third-order valence-electron chi connectivity index (χ3n) is 2.63. The first-order chi connectivity index (χ1) is 7.86. The second-order valence-corrected chi connectivity index (χ2v) is 3.68. The topological polar surface area (TPSA) is 56.1 Å². The van der Waals surface area contributed by atoms with Gasteiger partial charge < -0.3 is 9.47 Å². The molecular formula is C11H11N3O2. The second-order valence-electron chi connectivity index (χ2n) is 3.68. The fraction of sp³-hybridized carbons (Fsp3) is 0.364. The Hall–Kier alpha value is -1.75. The highest BCUT2D eigenvalue weighted by Gasteiger charge is 2.15. The summed E-state index contributed by atoms with van der Waals surface area (Å²) in [6.07, 6.45) is 3.64. The molecule has 5 heteroatoms. The van der Waals surface area contributed by atoms with E-state index in [0.717, 1.165) is 10.9 Å². The first-order valence-corrected chi connectivity index (χ1v) is 5.12. The number of hydrogen-bond donors (Lipinski definition) is 0. The van der Waals surface area contributed by atoms with Crippen molar-refractivity contribution in [3.8, 4) is 5.88 Å². The third kappa shape index (κ3) is 1.49. The molecule has 3 rings (SSSR count). The number of nitrogens with zero attached hydrogens (tertiary/aromatic N) is 3. The normalized spacial score (nSPS) is 21.2. The molecule has 5 nitrogen and oxygen atoms in total. The zero-order chi connectivity index (χ0) is 11.0. The van der Waals surface area contributed by atoms with Crippen molar-refractivity contribution in [2.75, 3.05) is 20.3 Å². The predicted octanol–water partition coefficient (Wildman–Crippen LogP) is -0.288. The number of rotatable bonds is 1. The van der Waals surface area contributed by atoms with E-state index in [9.17, 15) is 0 Å². The molecule has 0 spiro atoms. The van der Waals surface area contributed by atoms with Crippen LogP contribution in [0, 0.1) is 0 Å². The molecule has 0 N–H and O–H groups in total. The van der Waals surface area contributed by atoms with Crippen LogP contribution in [0.1, 0.15) is 5.56 Å². The molecule has 0 aliphatic carbocycles. The standard InChI is InChI=1S/C11H11N3O2/c1-15-8-5-13-9-4-7-2-3-12-10(7)14-11(9)16-6-8/h2-4,8H,5-6H2,1H3. The highest BCUT2D eigenvalue weighted by atomic mass is 16.5. The Kier molecular flexibility index (Phi) is 2.18. The van der Waals surface area contributed by atoms with Gasteiger partial charge in [-0.2, -0.15) is 4.98 Å². The number of aromatic nitrogens is 1. The van der Waals surface area contributed by atoms with E-state index in [0.29, 0.717) is 24.5 Å². The largest absolute Gasteiger partial charge is 0.473 e. The summed E-state index contributed by atoms with van der Waals surface area (Å²) in [5.41, 5.74) is 1.69. The molecule has 0 bridgehead atoms. The van der Waals surface area contributed by atoms with Gasteiger partial charge in [0.2, 0.25) is 5.88 Å². The Morgan fingerprint density at radius 2 is 2.44 bits per heavy atom. The Balaban J connectivity index is 2.09. The monoisotopic (exact) mass is 217 g/mol. The molecule has 0 amide bonds. The highest BCUT2D eigenvalue weighted by molar-refractivity contribution is 5.50. The van der Waals surface area contributed by atoms with E-state index >= 15 is 0 Å². The van der Waals surface area contributed by atoms with Crippen LogP contribution in [0.5, 0.6) is 5.88 Å². The lowest BCUT2D eigenvalue weighted by Crippen LogP contribution is -2.23. The summed E-state index contributed by atoms with van der Waals surface area (Å²) < 4.78 is 10.8. The minimum absolute atomic E-state index is 0.00322. The van der Waals surface area contributed by atoms with Gasteiger partial charge in [0.15, 0.2) is 5.49 Å². The Bertz CT molecular complexity index is 565. The molecule has 1 aromatic heterocycles. The van der Waals surface area contributed by atoms with Crippen molar-refractivity contribution < 1.29 is 9.47 Å². The minimum Gasteiger partial charge on any atom is -0.473 e. The predicted molar refractivity (Wildman–Crippen MR) is 56.7 cm³/mol. The Morgan fingerprint density at radius 1 is 1.50 bits per heavy atom. The van der Waals surface area contributed by atoms with Crippen molar-refractivity contribution >= 4 is 6.08 Å². The van der Waals surface area contributed by atoms with Gasteiger partial charge in [0.1, 0.15) is 18.1 Å². The van der Waals surface area contributed by atoms with Crippen LogP contribution in [0.15, 0.2) is 22.3 Å². The number of methoxy groups -OCH3 is 1. The molecule has 3 heterocycles. The number of ether oxygens (including phenoxy) is 2. The van der Waals surface area contributed by atoms with Gasteiger partial charge in [-0.1, -0.05) is 0 Å². The molecule has 82 valence electrons. The zero-order valence-electron chi connectivity index (χ0n) is 8.88. The highest BCUT2D eigenvalue weighted by Crippen LogP contribution is 2.06. The maximum atomic E-state index is 5.56. The molecule has 0 fully saturated rings. The Morgan fingerprint density at radius 3 is 3.31 bits per heavy atom. The first-order valence-electron chi connectivity index (χ1n) is 5.12. The van der Waals surface area contributed by atoms with E-state index in [-0.39, 0.29) is 6.10 Å². The Labute approximate surface area is 92.2 Å². The zero-order valence-corrected chi connectivity index (χ0v) is 8.88. The maximum Gasteiger partial charge on any atom is 0.241 e. The van der Waals surface area contributed by atoms with Crippen LogP contribution in [0.25, 0.3) is 6.08 Å². The summed E-state index contributed by atoms with van der Waals surface area (Å²) >= 11 is 0. The van der Waals surface area contributed by atoms with Gasteiger partial charge >= 0.3 is 0 Å². The smallest absolute Gasteiger partial charge is 0.241 e. The maximum absolute atomic E-state index is 5.56. The van der Waals surface area contributed by atoms with Gasteiger partial charge in [-0.3, -0.25) is 4.99 Å². The van der Waals surface area contributed by atoms with Crippen molar-refractivity contribution in [2.45, 2.75) is 6.10 Å². The fourth-order valence-corrected chi connectivity index (χ4v) is 1.69. The van der Waals surface area contributed by atoms with E-state index in [1.807, 2.05) is 12.1 Å². The number of hydrogen-bond acceptors (Lipinski definition) is 5. The first kappa shape index (κ1) is 9.47. The molecule has 0 aromatic carbocycles. The summed E-state index contributed by atoms with van der Waals surface area (Å²) in [6, 6.07) is 1.95. The summed E-state index contributed by atoms with van der Waals surface area (Å²) in [5, 5.41) is 0.778. The fourth-order valence-electron chi connectivity index (χ4n) is 1.69. The van der Waals surface area contributed by atoms with Crippen molar-refractivity contribution in [3.63, 3.8) is 0 Å². The number of fused-ring (bicyclic) bond motifs is 2. The average Bonchev–Trinajstić information content (AvgIpc) is 2.66. The molecule has 1 aromatic rings. The minimum atomic E-state index is -0.00322. The van der Waals surface area contributed by atoms with Crippen LogP contribution in [0.4, 0.5) is 0 Å². The summed E-state index contributed by atoms with van der Waals surface area (Å²) in [4.78, 5) is 12.9. The van der Waals surface area contributed by atoms with Crippen molar-refractivity contribution in [1.82, 2.24) is 4.98 Å². The second kappa shape index (κ2) is 3.68. The van der Waals surface area contributed by atoms with Crippen LogP contribution in [-0.4, -0.2) is 31.3 Å². The molecule has 1 unspecified atom stereocenters. The summed E-state index contributed by atoms with van der Waals surface area (Å²) in [5.74, 6) is 0.547. The summed E-state index contributed by atoms with van der Waals surface area (Å²) in [6.45, 7) is 1.08. The van der Waals surface area contributed by atoms with Crippen LogP contribution in [0.3, 0.4) is 0 Å². The van der Waals surface area contributed by atoms with E-state index in [4.69, 9.17) is 9.47 Å². The molecule has 16 heavy (non-hydrogen) atoms. The van der Waals surface area contributed by atoms with Crippen molar-refractivity contribution in [2.24, 2.45) is 9.98 Å². The molecule has 1 atom stereocenters. The third-order valence-corrected chi connectivity index (χ3v) is 2.63. The van der Waals surface area contributed by atoms with Crippen LogP contribution in [-0.2, 0) is 4.74 Å². The van der Waals surface area contributed by atoms with Crippen molar-refractivity contribution in [3.05, 3.63) is 28.7 Å². The van der Waals surface area contributed by atoms with Crippen LogP contribution < -0.4 is 15.6 Å². The SMILES string of the molecule is COC1CN=c2cc3c(nc2OC1)=NC=C3. The summed E-state index contributed by atoms with van der Waals surface area (Å²) in [7, 11) is 1.66. The lowest BCUT2D eigenvalue weighted by atomic mass is 10.3. The van der Waals surface area contributed by atoms with Gasteiger partial charge in [-0.05, 0) is 12.1 Å². The molecular weight excluding hydrogens is 206 g/mol. The van der Waals surface area contributed by atoms with Gasteiger partial charge in [0.05, 0.1) is 6.54 Å². The van der Waals surface area contributed by atoms with Crippen LogP contribution >= 0.6 is 0 Å². The van der Waals surface area contributed by atoms with Crippen LogP contribution in [0.2, 0.25) is 0 Å². The lowest BCUT2D eigenvalue weighted by Gasteiger charge is -2.09. The quantitative estimate of drug-likeness (QED) is 0.649. The van der Waals surface area contributed by atoms with Gasteiger partial charge in [-0.15, -0.1) is 0 Å². The number of pyridine rings is 1. The van der Waals surface area contributed by atoms with E-state index in [1.165, 1.54) is 0 Å². The molecule has 0 saturated carbocycles. The van der Waals surface area contributed by atoms with Crippen molar-refractivity contribution in [1.29, 1.82) is 0 Å². The average molecular weight is 217 g/mol. The van der Waals surface area contributed by atoms with Gasteiger partial charge in [0, 0.05) is 18.9 Å². The molecule has 2 aliphatic heterocycles. The molecule has 0 radical (unpaired) electrons. The molecule has 0 saturated heterocycles. The van der Waals surface area contributed by atoms with Gasteiger partial charge in [-0.25, -0.2) is 4.99 Å². The molecule has 2 aliphatic rings. The lowest BCUT2D eigenvalue weighted by molar-refractivity contribution is 0.0662. The van der Waals surface area contributed by atoms with E-state index < -0.39 is 0 Å². The van der Waals surface area contributed by atoms with Gasteiger partial charge in [0.25, 0.3) is 0 Å². The van der Waals surface area contributed by atoms with E-state index in [2.05, 4.69) is 15.0 Å². The van der Waals surface area contributed by atoms with E-state index in [1.54, 1.807) is 13.3 Å².